The van der Waals surface area contributed by atoms with Crippen molar-refractivity contribution in [3.8, 4) is 11.6 Å². The first kappa shape index (κ1) is 21.3. The molecule has 168 valence electrons. The van der Waals surface area contributed by atoms with Crippen molar-refractivity contribution >= 4 is 33.4 Å². The molecule has 3 heterocycles. The molecule has 4 aromatic rings. The van der Waals surface area contributed by atoms with Crippen molar-refractivity contribution in [3.05, 3.63) is 69.9 Å². The molecule has 0 aliphatic heterocycles. The third-order valence-corrected chi connectivity index (χ3v) is 7.13. The summed E-state index contributed by atoms with van der Waals surface area (Å²) < 4.78 is 5.46. The van der Waals surface area contributed by atoms with Crippen molar-refractivity contribution in [2.24, 2.45) is 0 Å². The summed E-state index contributed by atoms with van der Waals surface area (Å²) in [5.41, 5.74) is 3.36. The lowest BCUT2D eigenvalue weighted by molar-refractivity contribution is 0.0734. The van der Waals surface area contributed by atoms with Gasteiger partial charge in [0.1, 0.15) is 4.83 Å². The fourth-order valence-corrected chi connectivity index (χ4v) is 5.23. The lowest BCUT2D eigenvalue weighted by atomic mass is 10.1. The van der Waals surface area contributed by atoms with E-state index >= 15 is 0 Å². The van der Waals surface area contributed by atoms with Crippen LogP contribution in [0.3, 0.4) is 0 Å². The molecule has 1 saturated carbocycles. The third kappa shape index (κ3) is 4.02. The summed E-state index contributed by atoms with van der Waals surface area (Å²) in [5.74, 6) is 1.04. The Kier molecular flexibility index (Phi) is 5.46. The van der Waals surface area contributed by atoms with Gasteiger partial charge in [0, 0.05) is 30.6 Å². The van der Waals surface area contributed by atoms with Gasteiger partial charge < -0.3 is 14.6 Å². The normalized spacial score (nSPS) is 13.3. The lowest BCUT2D eigenvalue weighted by Gasteiger charge is -2.22. The van der Waals surface area contributed by atoms with Crippen molar-refractivity contribution in [3.63, 3.8) is 0 Å². The number of hydrogen-bond donors (Lipinski definition) is 1. The SMILES string of the molecule is CNC(=O)c1ccc(CN(C(=O)c2sc3nc(-c4ccco4)nc(C)c3c2C)C2CC2)cc1. The van der Waals surface area contributed by atoms with Crippen molar-refractivity contribution in [2.45, 2.75) is 39.3 Å². The maximum Gasteiger partial charge on any atom is 0.264 e. The molecular weight excluding hydrogens is 436 g/mol. The van der Waals surface area contributed by atoms with E-state index in [4.69, 9.17) is 4.42 Å². The number of thiophene rings is 1. The van der Waals surface area contributed by atoms with E-state index in [1.165, 1.54) is 11.3 Å². The first-order chi connectivity index (χ1) is 16.0. The van der Waals surface area contributed by atoms with Crippen molar-refractivity contribution in [1.82, 2.24) is 20.2 Å². The zero-order valence-electron chi connectivity index (χ0n) is 18.7. The molecule has 0 bridgehead atoms. The molecule has 0 atom stereocenters. The second kappa shape index (κ2) is 8.44. The van der Waals surface area contributed by atoms with Crippen LogP contribution in [-0.2, 0) is 6.54 Å². The Morgan fingerprint density at radius 1 is 1.15 bits per heavy atom. The molecule has 1 fully saturated rings. The van der Waals surface area contributed by atoms with Crippen LogP contribution in [0.4, 0.5) is 0 Å². The van der Waals surface area contributed by atoms with E-state index < -0.39 is 0 Å². The zero-order valence-corrected chi connectivity index (χ0v) is 19.5. The van der Waals surface area contributed by atoms with Gasteiger partial charge in [-0.1, -0.05) is 12.1 Å². The Hall–Kier alpha value is -3.52. The number of aromatic nitrogens is 2. The second-order valence-corrected chi connectivity index (χ2v) is 9.29. The minimum Gasteiger partial charge on any atom is -0.461 e. The molecule has 0 radical (unpaired) electrons. The Morgan fingerprint density at radius 2 is 1.91 bits per heavy atom. The molecule has 1 aliphatic carbocycles. The summed E-state index contributed by atoms with van der Waals surface area (Å²) in [5, 5.41) is 3.56. The fraction of sp³-hybridized carbons (Fsp3) is 0.280. The van der Waals surface area contributed by atoms with Crippen LogP contribution >= 0.6 is 11.3 Å². The van der Waals surface area contributed by atoms with Gasteiger partial charge in [-0.05, 0) is 62.1 Å². The number of furan rings is 1. The Labute approximate surface area is 195 Å². The van der Waals surface area contributed by atoms with Crippen LogP contribution in [0.15, 0.2) is 47.1 Å². The molecule has 5 rings (SSSR count). The molecule has 1 N–H and O–H groups in total. The maximum atomic E-state index is 13.7. The summed E-state index contributed by atoms with van der Waals surface area (Å²) in [6.45, 7) is 4.42. The van der Waals surface area contributed by atoms with Gasteiger partial charge in [-0.25, -0.2) is 9.97 Å². The van der Waals surface area contributed by atoms with Gasteiger partial charge in [-0.15, -0.1) is 11.3 Å². The number of hydrogen-bond acceptors (Lipinski definition) is 6. The van der Waals surface area contributed by atoms with E-state index in [0.717, 1.165) is 39.9 Å². The summed E-state index contributed by atoms with van der Waals surface area (Å²) in [6.07, 6.45) is 3.61. The molecule has 1 aliphatic rings. The van der Waals surface area contributed by atoms with Gasteiger partial charge >= 0.3 is 0 Å². The Balaban J connectivity index is 1.46. The highest BCUT2D eigenvalue weighted by molar-refractivity contribution is 7.20. The minimum atomic E-state index is -0.122. The van der Waals surface area contributed by atoms with Crippen LogP contribution in [-0.4, -0.2) is 39.8 Å². The van der Waals surface area contributed by atoms with Gasteiger partial charge in [0.15, 0.2) is 11.6 Å². The fourth-order valence-electron chi connectivity index (χ4n) is 4.04. The molecule has 0 unspecified atom stereocenters. The standard InChI is InChI=1S/C25H24N4O3S/c1-14-20-15(2)27-22(19-5-4-12-32-19)28-24(20)33-21(14)25(31)29(18-10-11-18)13-16-6-8-17(9-7-16)23(30)26-3/h4-9,12,18H,10-11,13H2,1-3H3,(H,26,30). The van der Waals surface area contributed by atoms with Crippen molar-refractivity contribution in [2.75, 3.05) is 7.05 Å². The predicted octanol–water partition coefficient (Wildman–Crippen LogP) is 4.73. The molecule has 8 heteroatoms. The zero-order chi connectivity index (χ0) is 23.1. The van der Waals surface area contributed by atoms with E-state index in [1.54, 1.807) is 25.4 Å². The minimum absolute atomic E-state index is 0.0207. The number of benzene rings is 1. The molecular formula is C25H24N4O3S. The highest BCUT2D eigenvalue weighted by Gasteiger charge is 2.35. The smallest absolute Gasteiger partial charge is 0.264 e. The number of nitrogens with zero attached hydrogens (tertiary/aromatic N) is 3. The molecule has 33 heavy (non-hydrogen) atoms. The van der Waals surface area contributed by atoms with Crippen LogP contribution in [0.5, 0.6) is 0 Å². The summed E-state index contributed by atoms with van der Waals surface area (Å²) in [4.78, 5) is 38.2. The topological polar surface area (TPSA) is 88.3 Å². The van der Waals surface area contributed by atoms with Crippen LogP contribution in [0.25, 0.3) is 21.8 Å². The number of carbonyl (C=O) groups excluding carboxylic acids is 2. The Morgan fingerprint density at radius 3 is 2.55 bits per heavy atom. The van der Waals surface area contributed by atoms with E-state index in [0.29, 0.717) is 28.6 Å². The van der Waals surface area contributed by atoms with Crippen LogP contribution < -0.4 is 5.32 Å². The molecule has 2 amide bonds. The summed E-state index contributed by atoms with van der Waals surface area (Å²) in [7, 11) is 1.61. The predicted molar refractivity (Wildman–Crippen MR) is 127 cm³/mol. The van der Waals surface area contributed by atoms with Crippen LogP contribution in [0, 0.1) is 13.8 Å². The summed E-state index contributed by atoms with van der Waals surface area (Å²) >= 11 is 1.41. The largest absolute Gasteiger partial charge is 0.461 e. The highest BCUT2D eigenvalue weighted by atomic mass is 32.1. The average Bonchev–Trinajstić information content (AvgIpc) is 3.39. The highest BCUT2D eigenvalue weighted by Crippen LogP contribution is 2.36. The van der Waals surface area contributed by atoms with Gasteiger partial charge in [0.05, 0.1) is 16.8 Å². The van der Waals surface area contributed by atoms with Gasteiger partial charge in [-0.3, -0.25) is 9.59 Å². The van der Waals surface area contributed by atoms with E-state index in [1.807, 2.05) is 43.0 Å². The van der Waals surface area contributed by atoms with E-state index in [2.05, 4.69) is 15.3 Å². The quantitative estimate of drug-likeness (QED) is 0.449. The molecule has 0 spiro atoms. The third-order valence-electron chi connectivity index (χ3n) is 5.95. The number of amides is 2. The molecule has 7 nitrogen and oxygen atoms in total. The van der Waals surface area contributed by atoms with Crippen LogP contribution in [0.1, 0.15) is 49.7 Å². The number of nitrogens with one attached hydrogen (secondary N) is 1. The number of fused-ring (bicyclic) bond motifs is 1. The number of rotatable bonds is 6. The first-order valence-electron chi connectivity index (χ1n) is 10.9. The summed E-state index contributed by atoms with van der Waals surface area (Å²) in [6, 6.07) is 11.3. The second-order valence-electron chi connectivity index (χ2n) is 8.29. The first-order valence-corrected chi connectivity index (χ1v) is 11.7. The van der Waals surface area contributed by atoms with Gasteiger partial charge in [0.25, 0.3) is 11.8 Å². The number of aryl methyl sites for hydroxylation is 2. The van der Waals surface area contributed by atoms with Crippen LogP contribution in [0.2, 0.25) is 0 Å². The van der Waals surface area contributed by atoms with Gasteiger partial charge in [-0.2, -0.15) is 0 Å². The Bertz CT molecular complexity index is 1340. The number of carbonyl (C=O) groups is 2. The van der Waals surface area contributed by atoms with Crippen molar-refractivity contribution in [1.29, 1.82) is 0 Å². The molecule has 0 saturated heterocycles. The van der Waals surface area contributed by atoms with E-state index in [9.17, 15) is 9.59 Å². The maximum absolute atomic E-state index is 13.7. The molecule has 3 aromatic heterocycles. The average molecular weight is 461 g/mol. The van der Waals surface area contributed by atoms with Crippen molar-refractivity contribution < 1.29 is 14.0 Å². The lowest BCUT2D eigenvalue weighted by Crippen LogP contribution is -2.32. The van der Waals surface area contributed by atoms with Gasteiger partial charge in [0.2, 0.25) is 0 Å². The molecule has 1 aromatic carbocycles. The monoisotopic (exact) mass is 460 g/mol. The van der Waals surface area contributed by atoms with E-state index in [-0.39, 0.29) is 17.9 Å².